The van der Waals surface area contributed by atoms with Crippen molar-refractivity contribution in [3.05, 3.63) is 19.1 Å². The van der Waals surface area contributed by atoms with Gasteiger partial charge >= 0.3 is 0 Å². The normalized spacial score (nSPS) is 15.6. The van der Waals surface area contributed by atoms with Gasteiger partial charge in [0.05, 0.1) is 6.07 Å². The summed E-state index contributed by atoms with van der Waals surface area (Å²) in [6, 6.07) is 2.33. The summed E-state index contributed by atoms with van der Waals surface area (Å²) >= 11 is 0. The molecule has 0 N–H and O–H groups in total. The molecule has 1 rings (SSSR count). The molecule has 1 radical (unpaired) electrons. The molecular formula is C13H22N3ORe-. The smallest absolute Gasteiger partial charge is 0.165 e. The van der Waals surface area contributed by atoms with E-state index in [0.717, 1.165) is 26.2 Å². The maximum Gasteiger partial charge on any atom is 0.165 e. The van der Waals surface area contributed by atoms with E-state index in [1.54, 1.807) is 12.1 Å². The number of carbonyl (C=O) groups is 1. The van der Waals surface area contributed by atoms with Crippen LogP contribution >= 0.6 is 0 Å². The van der Waals surface area contributed by atoms with Crippen molar-refractivity contribution in [2.24, 2.45) is 0 Å². The molecule has 5 heteroatoms. The number of hydrogen-bond donors (Lipinski definition) is 0. The van der Waals surface area contributed by atoms with Crippen molar-refractivity contribution in [2.75, 3.05) is 26.2 Å². The summed E-state index contributed by atoms with van der Waals surface area (Å²) < 4.78 is 0. The van der Waals surface area contributed by atoms with E-state index in [0.29, 0.717) is 6.04 Å². The third kappa shape index (κ3) is 7.51. The Balaban J connectivity index is 0. The van der Waals surface area contributed by atoms with Gasteiger partial charge in [-0.2, -0.15) is 5.26 Å². The zero-order valence-electron chi connectivity index (χ0n) is 11.4. The summed E-state index contributed by atoms with van der Waals surface area (Å²) in [6.45, 7) is 13.0. The van der Waals surface area contributed by atoms with Gasteiger partial charge in [-0.15, -0.1) is 6.08 Å². The summed E-state index contributed by atoms with van der Waals surface area (Å²) in [6.07, 6.45) is 3.09. The largest absolute Gasteiger partial charge is 0.352 e. The van der Waals surface area contributed by atoms with Gasteiger partial charge in [0.1, 0.15) is 0 Å². The fourth-order valence-electron chi connectivity index (χ4n) is 1.66. The Kier molecular flexibility index (Phi) is 12.3. The van der Waals surface area contributed by atoms with Crippen LogP contribution in [0.25, 0.3) is 0 Å². The second-order valence-corrected chi connectivity index (χ2v) is 4.08. The van der Waals surface area contributed by atoms with Gasteiger partial charge in [0, 0.05) is 59.6 Å². The molecule has 1 aliphatic heterocycles. The van der Waals surface area contributed by atoms with E-state index in [1.807, 2.05) is 4.90 Å². The number of rotatable bonds is 2. The number of piperazine rings is 1. The molecule has 1 aliphatic rings. The minimum Gasteiger partial charge on any atom is -0.352 e. The van der Waals surface area contributed by atoms with Crippen LogP contribution in [-0.2, 0) is 25.2 Å². The first-order valence-electron chi connectivity index (χ1n) is 5.86. The fraction of sp³-hybridized carbons (Fsp3) is 0.615. The minimum absolute atomic E-state index is 0. The summed E-state index contributed by atoms with van der Waals surface area (Å²) in [5.41, 5.74) is 0. The van der Waals surface area contributed by atoms with Crippen molar-refractivity contribution in [3.8, 4) is 6.07 Å². The number of nitrogens with zero attached hydrogens (tertiary/aromatic N) is 3. The Labute approximate surface area is 124 Å². The van der Waals surface area contributed by atoms with Crippen LogP contribution < -0.4 is 0 Å². The predicted molar refractivity (Wildman–Crippen MR) is 69.1 cm³/mol. The number of hydrogen-bond acceptors (Lipinski definition) is 3. The van der Waals surface area contributed by atoms with Crippen LogP contribution in [0.2, 0.25) is 0 Å². The molecule has 1 fully saturated rings. The maximum absolute atomic E-state index is 11.5. The van der Waals surface area contributed by atoms with Gasteiger partial charge < -0.3 is 4.90 Å². The van der Waals surface area contributed by atoms with Crippen molar-refractivity contribution in [2.45, 2.75) is 26.8 Å². The molecule has 0 aromatic carbocycles. The van der Waals surface area contributed by atoms with E-state index in [4.69, 9.17) is 5.26 Å². The van der Waals surface area contributed by atoms with Crippen molar-refractivity contribution >= 4 is 5.91 Å². The average molecular weight is 423 g/mol. The maximum atomic E-state index is 11.5. The second-order valence-electron chi connectivity index (χ2n) is 4.08. The van der Waals surface area contributed by atoms with Crippen LogP contribution in [0.15, 0.2) is 12.2 Å². The topological polar surface area (TPSA) is 47.3 Å². The van der Waals surface area contributed by atoms with Gasteiger partial charge in [0.2, 0.25) is 0 Å². The van der Waals surface area contributed by atoms with Crippen LogP contribution in [0.1, 0.15) is 20.8 Å². The van der Waals surface area contributed by atoms with Crippen LogP contribution in [0.5, 0.6) is 0 Å². The number of allylic oxidation sites excluding steroid dienone is 1. The molecule has 0 aromatic heterocycles. The molecule has 0 unspecified atom stereocenters. The summed E-state index contributed by atoms with van der Waals surface area (Å²) in [7, 11) is 0. The summed E-state index contributed by atoms with van der Waals surface area (Å²) in [5.74, 6) is 0.0865. The molecule has 0 bridgehead atoms. The third-order valence-electron chi connectivity index (χ3n) is 2.62. The van der Waals surface area contributed by atoms with Crippen LogP contribution in [0.4, 0.5) is 0 Å². The predicted octanol–water partition coefficient (Wildman–Crippen LogP) is 1.46. The van der Waals surface area contributed by atoms with Crippen molar-refractivity contribution < 1.29 is 25.2 Å². The number of nitriles is 1. The van der Waals surface area contributed by atoms with E-state index in [9.17, 15) is 4.79 Å². The summed E-state index contributed by atoms with van der Waals surface area (Å²) in [5, 5.41) is 7.32. The van der Waals surface area contributed by atoms with E-state index >= 15 is 0 Å². The zero-order valence-corrected chi connectivity index (χ0v) is 14.1. The first-order valence-corrected chi connectivity index (χ1v) is 5.86. The Morgan fingerprint density at radius 3 is 2.11 bits per heavy atom. The molecule has 0 aliphatic carbocycles. The number of carbonyl (C=O) groups excluding carboxylic acids is 1. The summed E-state index contributed by atoms with van der Waals surface area (Å²) in [4.78, 5) is 15.7. The van der Waals surface area contributed by atoms with Crippen molar-refractivity contribution in [3.63, 3.8) is 0 Å². The molecule has 0 atom stereocenters. The Hall–Kier alpha value is -0.808. The Morgan fingerprint density at radius 2 is 1.78 bits per heavy atom. The van der Waals surface area contributed by atoms with Crippen molar-refractivity contribution in [1.29, 1.82) is 5.26 Å². The van der Waals surface area contributed by atoms with Gasteiger partial charge in [-0.05, 0) is 13.8 Å². The molecule has 18 heavy (non-hydrogen) atoms. The Morgan fingerprint density at radius 1 is 1.33 bits per heavy atom. The first-order chi connectivity index (χ1) is 8.06. The molecule has 103 valence electrons. The van der Waals surface area contributed by atoms with Gasteiger partial charge in [-0.3, -0.25) is 9.69 Å². The van der Waals surface area contributed by atoms with Gasteiger partial charge in [0.25, 0.3) is 0 Å². The third-order valence-corrected chi connectivity index (χ3v) is 2.62. The van der Waals surface area contributed by atoms with Crippen LogP contribution in [0, 0.1) is 18.3 Å². The van der Waals surface area contributed by atoms with Crippen LogP contribution in [0.3, 0.4) is 0 Å². The van der Waals surface area contributed by atoms with Gasteiger partial charge in [-0.25, -0.2) is 13.0 Å². The molecule has 0 saturated carbocycles. The van der Waals surface area contributed by atoms with E-state index in [2.05, 4.69) is 25.7 Å². The molecule has 1 heterocycles. The van der Waals surface area contributed by atoms with Crippen LogP contribution in [-0.4, -0.2) is 47.9 Å². The zero-order chi connectivity index (χ0) is 13.3. The number of amides is 1. The first kappa shape index (κ1) is 19.5. The van der Waals surface area contributed by atoms with E-state index in [-0.39, 0.29) is 26.3 Å². The molecule has 1 amide bonds. The average Bonchev–Trinajstić information content (AvgIpc) is 2.30. The van der Waals surface area contributed by atoms with E-state index < -0.39 is 0 Å². The fourth-order valence-corrected chi connectivity index (χ4v) is 1.66. The SMILES string of the molecule is CC#N.[CH2-]/C=C/C(=O)N1CCN(C(C)C)CC1.[Re]. The quantitative estimate of drug-likeness (QED) is 0.500. The monoisotopic (exact) mass is 423 g/mol. The molecular weight excluding hydrogens is 400 g/mol. The Bertz CT molecular complexity index is 289. The molecule has 1 saturated heterocycles. The van der Waals surface area contributed by atoms with Gasteiger partial charge in [-0.1, -0.05) is 0 Å². The molecule has 4 nitrogen and oxygen atoms in total. The standard InChI is InChI=1S/C11H19N2O.C2H3N.Re/c1-4-5-11(14)13-8-6-12(7-9-13)10(2)3;1-2-3;/h4-5,10H,1,6-9H2,2-3H3;1H3;/q-1;;/b5-4+;;. The molecule has 0 spiro atoms. The minimum atomic E-state index is 0. The molecule has 0 aromatic rings. The van der Waals surface area contributed by atoms with E-state index in [1.165, 1.54) is 13.0 Å². The second kappa shape index (κ2) is 11.3. The van der Waals surface area contributed by atoms with Crippen molar-refractivity contribution in [1.82, 2.24) is 9.80 Å². The van der Waals surface area contributed by atoms with Gasteiger partial charge in [0.15, 0.2) is 5.91 Å².